The topological polar surface area (TPSA) is 142 Å². The number of alkyl carbamates (subject to hydrolysis) is 1. The van der Waals surface area contributed by atoms with Crippen molar-refractivity contribution in [3.63, 3.8) is 0 Å². The zero-order valence-electron chi connectivity index (χ0n) is 29.8. The maximum atomic E-state index is 14.2. The highest BCUT2D eigenvalue weighted by Gasteiger charge is 2.53. The third kappa shape index (κ3) is 11.1. The lowest BCUT2D eigenvalue weighted by Gasteiger charge is -2.47. The molecule has 3 amide bonds. The fourth-order valence-corrected chi connectivity index (χ4v) is 5.88. The van der Waals surface area contributed by atoms with Crippen LogP contribution in [0.2, 0.25) is 6.32 Å². The monoisotopic (exact) mass is 673 g/mol. The van der Waals surface area contributed by atoms with Gasteiger partial charge in [-0.15, -0.1) is 0 Å². The van der Waals surface area contributed by atoms with Crippen molar-refractivity contribution >= 4 is 31.2 Å². The first-order chi connectivity index (χ1) is 22.8. The number of hydrogen-bond donors (Lipinski definition) is 2. The van der Waals surface area contributed by atoms with E-state index in [4.69, 9.17) is 23.5 Å². The van der Waals surface area contributed by atoms with Gasteiger partial charge in [0, 0.05) is 19.0 Å². The Morgan fingerprint density at radius 3 is 2.19 bits per heavy atom. The molecule has 2 aliphatic heterocycles. The van der Waals surface area contributed by atoms with Crippen LogP contribution < -0.4 is 10.6 Å². The van der Waals surface area contributed by atoms with E-state index < -0.39 is 46.8 Å². The minimum absolute atomic E-state index is 0.0369. The average Bonchev–Trinajstić information content (AvgIpc) is 3.26. The number of nitrogens with zero attached hydrogens (tertiary/aromatic N) is 1. The van der Waals surface area contributed by atoms with Crippen molar-refractivity contribution in [1.29, 1.82) is 0 Å². The first-order valence-electron chi connectivity index (χ1n) is 17.5. The molecule has 0 bridgehead atoms. The van der Waals surface area contributed by atoms with Crippen molar-refractivity contribution in [1.82, 2.24) is 15.5 Å². The summed E-state index contributed by atoms with van der Waals surface area (Å²) in [5.41, 5.74) is -1.47. The van der Waals surface area contributed by atoms with Crippen molar-refractivity contribution in [3.05, 3.63) is 35.9 Å². The summed E-state index contributed by atoms with van der Waals surface area (Å²) >= 11 is 0. The highest BCUT2D eigenvalue weighted by atomic mass is 16.7. The summed E-state index contributed by atoms with van der Waals surface area (Å²) in [7, 11) is -0.384. The molecule has 0 spiro atoms. The van der Waals surface area contributed by atoms with Crippen LogP contribution in [0, 0.1) is 0 Å². The summed E-state index contributed by atoms with van der Waals surface area (Å²) in [6.45, 7) is 12.5. The Morgan fingerprint density at radius 1 is 0.896 bits per heavy atom. The third-order valence-corrected chi connectivity index (χ3v) is 9.41. The standard InChI is InChI=1S/C35H56BN3O9/c1-7-9-22-44-31(42)37-25-29(40)38-28-18-21-39(32(43)45-23-10-8-2)35(24-28,30(41)46-26-27-16-12-11-13-17-27)19-14-15-20-36-47-33(3,4)34(5,6)48-36/h11-13,16-17,28H,7-10,14-15,18-26H2,1-6H3,(H,37,42)(H,38,40)/t28?,35-/m1/s1. The number of ether oxygens (including phenoxy) is 3. The Hall–Kier alpha value is -3.32. The van der Waals surface area contributed by atoms with E-state index in [1.165, 1.54) is 4.90 Å². The van der Waals surface area contributed by atoms with Crippen LogP contribution in [0.15, 0.2) is 30.3 Å². The first-order valence-corrected chi connectivity index (χ1v) is 17.5. The second-order valence-electron chi connectivity index (χ2n) is 13.7. The molecule has 1 aromatic rings. The number of esters is 1. The Kier molecular flexibility index (Phi) is 15.0. The fraction of sp³-hybridized carbons (Fsp3) is 0.714. The number of piperidine rings is 1. The molecule has 0 saturated carbocycles. The Morgan fingerprint density at radius 2 is 1.54 bits per heavy atom. The molecule has 48 heavy (non-hydrogen) atoms. The molecule has 3 rings (SSSR count). The first kappa shape index (κ1) is 39.1. The van der Waals surface area contributed by atoms with Gasteiger partial charge < -0.3 is 34.2 Å². The molecule has 2 saturated heterocycles. The van der Waals surface area contributed by atoms with Crippen LogP contribution >= 0.6 is 0 Å². The molecule has 0 aromatic heterocycles. The molecular weight excluding hydrogens is 617 g/mol. The van der Waals surface area contributed by atoms with Crippen LogP contribution in [0.4, 0.5) is 9.59 Å². The van der Waals surface area contributed by atoms with Crippen LogP contribution in [0.25, 0.3) is 0 Å². The second kappa shape index (κ2) is 18.4. The second-order valence-corrected chi connectivity index (χ2v) is 13.7. The van der Waals surface area contributed by atoms with Gasteiger partial charge in [-0.3, -0.25) is 9.69 Å². The Labute approximate surface area is 286 Å². The zero-order valence-corrected chi connectivity index (χ0v) is 29.8. The number of amides is 3. The van der Waals surface area contributed by atoms with Crippen molar-refractivity contribution < 1.29 is 42.7 Å². The number of hydrogen-bond acceptors (Lipinski definition) is 9. The van der Waals surface area contributed by atoms with E-state index in [1.54, 1.807) is 0 Å². The van der Waals surface area contributed by atoms with Crippen molar-refractivity contribution in [3.8, 4) is 0 Å². The van der Waals surface area contributed by atoms with Crippen LogP contribution in [0.5, 0.6) is 0 Å². The van der Waals surface area contributed by atoms with Gasteiger partial charge in [0.2, 0.25) is 5.91 Å². The minimum Gasteiger partial charge on any atom is -0.459 e. The van der Waals surface area contributed by atoms with Gasteiger partial charge in [-0.2, -0.15) is 0 Å². The van der Waals surface area contributed by atoms with Crippen molar-refractivity contribution in [2.75, 3.05) is 26.3 Å². The van der Waals surface area contributed by atoms with E-state index in [1.807, 2.05) is 71.9 Å². The van der Waals surface area contributed by atoms with Gasteiger partial charge >= 0.3 is 25.3 Å². The third-order valence-electron chi connectivity index (χ3n) is 9.41. The van der Waals surface area contributed by atoms with E-state index in [9.17, 15) is 19.2 Å². The number of benzene rings is 1. The molecule has 2 atom stereocenters. The van der Waals surface area contributed by atoms with Gasteiger partial charge in [0.1, 0.15) is 18.7 Å². The molecule has 12 nitrogen and oxygen atoms in total. The van der Waals surface area contributed by atoms with Gasteiger partial charge in [0.15, 0.2) is 0 Å². The summed E-state index contributed by atoms with van der Waals surface area (Å²) in [4.78, 5) is 54.2. The maximum Gasteiger partial charge on any atom is 0.457 e. The number of unbranched alkanes of at least 4 members (excludes halogenated alkanes) is 3. The van der Waals surface area contributed by atoms with Gasteiger partial charge in [0.05, 0.1) is 24.4 Å². The summed E-state index contributed by atoms with van der Waals surface area (Å²) in [5, 5.41) is 5.43. The summed E-state index contributed by atoms with van der Waals surface area (Å²) in [6, 6.07) is 8.89. The number of likely N-dealkylation sites (tertiary alicyclic amines) is 1. The summed E-state index contributed by atoms with van der Waals surface area (Å²) < 4.78 is 29.0. The van der Waals surface area contributed by atoms with Crippen molar-refractivity contribution in [2.24, 2.45) is 0 Å². The van der Waals surface area contributed by atoms with Gasteiger partial charge in [0.25, 0.3) is 0 Å². The number of carbonyl (C=O) groups is 4. The lowest BCUT2D eigenvalue weighted by Crippen LogP contribution is -2.64. The fourth-order valence-electron chi connectivity index (χ4n) is 5.88. The molecule has 268 valence electrons. The molecule has 2 heterocycles. The highest BCUT2D eigenvalue weighted by Crippen LogP contribution is 2.39. The molecule has 13 heteroatoms. The molecule has 0 aliphatic carbocycles. The smallest absolute Gasteiger partial charge is 0.457 e. The van der Waals surface area contributed by atoms with E-state index in [-0.39, 0.29) is 52.9 Å². The largest absolute Gasteiger partial charge is 0.459 e. The lowest BCUT2D eigenvalue weighted by atomic mass is 9.77. The van der Waals surface area contributed by atoms with E-state index in [0.29, 0.717) is 32.0 Å². The molecule has 2 N–H and O–H groups in total. The normalized spacial score (nSPS) is 21.3. The quantitative estimate of drug-likeness (QED) is 0.0912. The van der Waals surface area contributed by atoms with Crippen LogP contribution in [0.1, 0.15) is 105 Å². The van der Waals surface area contributed by atoms with Gasteiger partial charge in [-0.05, 0) is 65.3 Å². The molecule has 2 fully saturated rings. The molecular formula is C35H56BN3O9. The maximum absolute atomic E-state index is 14.2. The van der Waals surface area contributed by atoms with Crippen LogP contribution in [-0.2, 0) is 39.7 Å². The number of carbonyl (C=O) groups excluding carboxylic acids is 4. The van der Waals surface area contributed by atoms with Crippen molar-refractivity contribution in [2.45, 2.75) is 135 Å². The van der Waals surface area contributed by atoms with Gasteiger partial charge in [-0.25, -0.2) is 14.4 Å². The predicted molar refractivity (Wildman–Crippen MR) is 182 cm³/mol. The average molecular weight is 674 g/mol. The molecule has 1 unspecified atom stereocenters. The van der Waals surface area contributed by atoms with E-state index in [0.717, 1.165) is 24.8 Å². The summed E-state index contributed by atoms with van der Waals surface area (Å²) in [6.07, 6.45) is 4.60. The predicted octanol–water partition coefficient (Wildman–Crippen LogP) is 5.77. The lowest BCUT2D eigenvalue weighted by molar-refractivity contribution is -0.163. The van der Waals surface area contributed by atoms with Crippen LogP contribution in [-0.4, -0.2) is 85.2 Å². The van der Waals surface area contributed by atoms with Crippen LogP contribution in [0.3, 0.4) is 0 Å². The SMILES string of the molecule is CCCCOC(=O)NCC(=O)NC1CCN(C(=O)OCCCC)[C@@](CCCCB2OC(C)(C)C(C)(C)O2)(C(=O)OCc2ccccc2)C1. The Bertz CT molecular complexity index is 1180. The summed E-state index contributed by atoms with van der Waals surface area (Å²) in [5.74, 6) is -0.968. The van der Waals surface area contributed by atoms with Gasteiger partial charge in [-0.1, -0.05) is 69.9 Å². The number of rotatable bonds is 17. The molecule has 0 radical (unpaired) electrons. The number of nitrogens with one attached hydrogen (secondary N) is 2. The molecule has 2 aliphatic rings. The Balaban J connectivity index is 1.78. The molecule has 1 aromatic carbocycles. The van der Waals surface area contributed by atoms with E-state index >= 15 is 0 Å². The highest BCUT2D eigenvalue weighted by molar-refractivity contribution is 6.45. The zero-order chi connectivity index (χ0) is 35.2. The minimum atomic E-state index is -1.39. The van der Waals surface area contributed by atoms with E-state index in [2.05, 4.69) is 10.6 Å².